The summed E-state index contributed by atoms with van der Waals surface area (Å²) in [6.07, 6.45) is 0.873. The van der Waals surface area contributed by atoms with Gasteiger partial charge in [0.1, 0.15) is 18.1 Å². The van der Waals surface area contributed by atoms with Crippen LogP contribution >= 0.6 is 0 Å². The minimum Gasteiger partial charge on any atom is -0.497 e. The summed E-state index contributed by atoms with van der Waals surface area (Å²) in [6.45, 7) is 0.908. The summed E-state index contributed by atoms with van der Waals surface area (Å²) in [5, 5.41) is 9.48. The predicted octanol–water partition coefficient (Wildman–Crippen LogP) is 2.72. The van der Waals surface area contributed by atoms with Crippen molar-refractivity contribution >= 4 is 11.6 Å². The molecule has 5 nitrogen and oxygen atoms in total. The zero-order valence-electron chi connectivity index (χ0n) is 14.1. The molecule has 1 saturated carbocycles. The molecule has 5 heteroatoms. The van der Waals surface area contributed by atoms with Gasteiger partial charge >= 0.3 is 0 Å². The molecule has 0 unspecified atom stereocenters. The maximum absolute atomic E-state index is 13.0. The number of carbonyl (C=O) groups is 1. The van der Waals surface area contributed by atoms with Crippen LogP contribution in [0.2, 0.25) is 0 Å². The first-order valence-electron chi connectivity index (χ1n) is 8.54. The fourth-order valence-corrected chi connectivity index (χ4v) is 3.55. The van der Waals surface area contributed by atoms with E-state index in [1.807, 2.05) is 47.4 Å². The zero-order valence-corrected chi connectivity index (χ0v) is 14.1. The SMILES string of the molecule is COc1ccc([C@@H]2C[C@H]2C(=O)N2CCOc3c(CO)cccc32)cc1. The first-order chi connectivity index (χ1) is 12.2. The molecule has 2 aromatic carbocycles. The quantitative estimate of drug-likeness (QED) is 0.930. The minimum atomic E-state index is -0.0941. The van der Waals surface area contributed by atoms with Crippen molar-refractivity contribution in [1.29, 1.82) is 0 Å². The Kier molecular flexibility index (Phi) is 4.09. The number of rotatable bonds is 4. The highest BCUT2D eigenvalue weighted by Gasteiger charge is 2.46. The molecule has 0 radical (unpaired) electrons. The van der Waals surface area contributed by atoms with E-state index in [4.69, 9.17) is 9.47 Å². The Morgan fingerprint density at radius 1 is 1.28 bits per heavy atom. The van der Waals surface area contributed by atoms with Gasteiger partial charge in [0, 0.05) is 11.5 Å². The van der Waals surface area contributed by atoms with E-state index in [2.05, 4.69) is 0 Å². The Bertz CT molecular complexity index is 787. The van der Waals surface area contributed by atoms with Crippen molar-refractivity contribution in [2.75, 3.05) is 25.2 Å². The van der Waals surface area contributed by atoms with Crippen LogP contribution in [0.4, 0.5) is 5.69 Å². The molecule has 0 aromatic heterocycles. The second-order valence-corrected chi connectivity index (χ2v) is 6.48. The number of aliphatic hydroxyl groups excluding tert-OH is 1. The molecule has 1 amide bonds. The maximum Gasteiger partial charge on any atom is 0.230 e. The lowest BCUT2D eigenvalue weighted by Gasteiger charge is -2.31. The van der Waals surface area contributed by atoms with Crippen LogP contribution < -0.4 is 14.4 Å². The van der Waals surface area contributed by atoms with Crippen LogP contribution in [0.3, 0.4) is 0 Å². The molecule has 0 saturated heterocycles. The second-order valence-electron chi connectivity index (χ2n) is 6.48. The average Bonchev–Trinajstić information content (AvgIpc) is 3.47. The Balaban J connectivity index is 1.53. The molecular weight excluding hydrogens is 318 g/mol. The molecule has 1 N–H and O–H groups in total. The Morgan fingerprint density at radius 3 is 2.80 bits per heavy atom. The average molecular weight is 339 g/mol. The molecule has 0 bridgehead atoms. The van der Waals surface area contributed by atoms with Crippen LogP contribution in [-0.2, 0) is 11.4 Å². The lowest BCUT2D eigenvalue weighted by Crippen LogP contribution is -2.39. The van der Waals surface area contributed by atoms with E-state index in [0.717, 1.165) is 23.4 Å². The summed E-state index contributed by atoms with van der Waals surface area (Å²) in [4.78, 5) is 14.8. The molecule has 1 aliphatic heterocycles. The summed E-state index contributed by atoms with van der Waals surface area (Å²) in [6, 6.07) is 13.5. The van der Waals surface area contributed by atoms with Gasteiger partial charge in [-0.3, -0.25) is 4.79 Å². The monoisotopic (exact) mass is 339 g/mol. The number of nitrogens with zero attached hydrogens (tertiary/aromatic N) is 1. The van der Waals surface area contributed by atoms with Crippen molar-refractivity contribution in [2.24, 2.45) is 5.92 Å². The number of carbonyl (C=O) groups excluding carboxylic acids is 1. The number of aliphatic hydroxyl groups is 1. The molecule has 2 aliphatic rings. The van der Waals surface area contributed by atoms with Gasteiger partial charge in [-0.25, -0.2) is 0 Å². The number of amides is 1. The highest BCUT2D eigenvalue weighted by Crippen LogP contribution is 2.50. The van der Waals surface area contributed by atoms with Crippen LogP contribution in [0.5, 0.6) is 11.5 Å². The number of hydrogen-bond acceptors (Lipinski definition) is 4. The van der Waals surface area contributed by atoms with E-state index in [1.54, 1.807) is 7.11 Å². The zero-order chi connectivity index (χ0) is 17.4. The Labute approximate surface area is 146 Å². The molecule has 1 heterocycles. The largest absolute Gasteiger partial charge is 0.497 e. The first-order valence-corrected chi connectivity index (χ1v) is 8.54. The summed E-state index contributed by atoms with van der Waals surface area (Å²) in [5.41, 5.74) is 2.66. The lowest BCUT2D eigenvalue weighted by atomic mass is 10.1. The summed E-state index contributed by atoms with van der Waals surface area (Å²) >= 11 is 0. The molecule has 2 aromatic rings. The van der Waals surface area contributed by atoms with Crippen molar-refractivity contribution < 1.29 is 19.4 Å². The smallest absolute Gasteiger partial charge is 0.230 e. The van der Waals surface area contributed by atoms with E-state index in [1.165, 1.54) is 5.56 Å². The third-order valence-corrected chi connectivity index (χ3v) is 5.02. The molecule has 130 valence electrons. The van der Waals surface area contributed by atoms with Crippen molar-refractivity contribution in [2.45, 2.75) is 18.9 Å². The normalized spacial score (nSPS) is 21.3. The van der Waals surface area contributed by atoms with Crippen LogP contribution in [0.25, 0.3) is 0 Å². The number of para-hydroxylation sites is 1. The van der Waals surface area contributed by atoms with Gasteiger partial charge in [0.25, 0.3) is 0 Å². The van der Waals surface area contributed by atoms with Gasteiger partial charge in [0.2, 0.25) is 5.91 Å². The third kappa shape index (κ3) is 2.85. The summed E-state index contributed by atoms with van der Waals surface area (Å²) in [7, 11) is 1.65. The standard InChI is InChI=1S/C20H21NO4/c1-24-15-7-5-13(6-8-15)16-11-17(16)20(23)21-9-10-25-19-14(12-22)3-2-4-18(19)21/h2-8,16-17,22H,9-12H2,1H3/t16-,17+/m0/s1. The van der Waals surface area contributed by atoms with Gasteiger partial charge in [-0.2, -0.15) is 0 Å². The number of hydrogen-bond donors (Lipinski definition) is 1. The van der Waals surface area contributed by atoms with Crippen LogP contribution in [0, 0.1) is 5.92 Å². The fourth-order valence-electron chi connectivity index (χ4n) is 3.55. The van der Waals surface area contributed by atoms with Gasteiger partial charge in [0.05, 0.1) is 25.9 Å². The third-order valence-electron chi connectivity index (χ3n) is 5.02. The van der Waals surface area contributed by atoms with Gasteiger partial charge in [0.15, 0.2) is 0 Å². The van der Waals surface area contributed by atoms with E-state index >= 15 is 0 Å². The number of ether oxygens (including phenoxy) is 2. The highest BCUT2D eigenvalue weighted by atomic mass is 16.5. The molecule has 1 fully saturated rings. The Morgan fingerprint density at radius 2 is 2.08 bits per heavy atom. The number of anilines is 1. The number of methoxy groups -OCH3 is 1. The Hall–Kier alpha value is -2.53. The topological polar surface area (TPSA) is 59.0 Å². The van der Waals surface area contributed by atoms with Crippen molar-refractivity contribution in [3.05, 3.63) is 53.6 Å². The number of benzene rings is 2. The van der Waals surface area contributed by atoms with Gasteiger partial charge in [-0.05, 0) is 36.1 Å². The lowest BCUT2D eigenvalue weighted by molar-refractivity contribution is -0.120. The van der Waals surface area contributed by atoms with Gasteiger partial charge in [-0.1, -0.05) is 24.3 Å². The van der Waals surface area contributed by atoms with Gasteiger partial charge in [-0.15, -0.1) is 0 Å². The van der Waals surface area contributed by atoms with E-state index < -0.39 is 0 Å². The van der Waals surface area contributed by atoms with E-state index in [-0.39, 0.29) is 24.3 Å². The van der Waals surface area contributed by atoms with Gasteiger partial charge < -0.3 is 19.5 Å². The predicted molar refractivity (Wildman–Crippen MR) is 94.1 cm³/mol. The molecule has 2 atom stereocenters. The maximum atomic E-state index is 13.0. The van der Waals surface area contributed by atoms with Crippen LogP contribution in [0.15, 0.2) is 42.5 Å². The molecular formula is C20H21NO4. The van der Waals surface area contributed by atoms with Crippen molar-refractivity contribution in [3.63, 3.8) is 0 Å². The first kappa shape index (κ1) is 16.0. The fraction of sp³-hybridized carbons (Fsp3) is 0.350. The van der Waals surface area contributed by atoms with E-state index in [0.29, 0.717) is 18.9 Å². The van der Waals surface area contributed by atoms with Crippen molar-refractivity contribution in [3.8, 4) is 11.5 Å². The van der Waals surface area contributed by atoms with Crippen LogP contribution in [-0.4, -0.2) is 31.3 Å². The molecule has 1 aliphatic carbocycles. The molecule has 25 heavy (non-hydrogen) atoms. The van der Waals surface area contributed by atoms with Crippen LogP contribution in [0.1, 0.15) is 23.5 Å². The summed E-state index contributed by atoms with van der Waals surface area (Å²) in [5.74, 6) is 1.88. The highest BCUT2D eigenvalue weighted by molar-refractivity contribution is 5.99. The van der Waals surface area contributed by atoms with Crippen molar-refractivity contribution in [1.82, 2.24) is 0 Å². The molecule has 4 rings (SSSR count). The number of fused-ring (bicyclic) bond motifs is 1. The van der Waals surface area contributed by atoms with E-state index in [9.17, 15) is 9.90 Å². The summed E-state index contributed by atoms with van der Waals surface area (Å²) < 4.78 is 10.9. The second kappa shape index (κ2) is 6.41. The minimum absolute atomic E-state index is 0.0112. The molecule has 0 spiro atoms.